The van der Waals surface area contributed by atoms with Gasteiger partial charge in [0.15, 0.2) is 13.2 Å². The van der Waals surface area contributed by atoms with Gasteiger partial charge in [0.25, 0.3) is 17.7 Å². The van der Waals surface area contributed by atoms with Gasteiger partial charge in [0.05, 0.1) is 11.3 Å². The number of nitrogens with two attached hydrogens (primary N) is 1. The zero-order valence-electron chi connectivity index (χ0n) is 15.9. The Bertz CT molecular complexity index is 1000. The van der Waals surface area contributed by atoms with E-state index in [-0.39, 0.29) is 19.1 Å². The van der Waals surface area contributed by atoms with Crippen LogP contribution in [0.1, 0.15) is 34.1 Å². The largest absolute Gasteiger partial charge is 0.484 e. The average Bonchev–Trinajstić information content (AvgIpc) is 3.02. The number of fused-ring (bicyclic) bond motifs is 2. The van der Waals surface area contributed by atoms with E-state index in [4.69, 9.17) is 15.2 Å². The Morgan fingerprint density at radius 3 is 3.03 bits per heavy atom. The molecule has 2 aromatic rings. The number of benzene rings is 1. The number of ether oxygens (including phenoxy) is 2. The summed E-state index contributed by atoms with van der Waals surface area (Å²) in [4.78, 5) is 36.9. The molecule has 152 valence electrons. The van der Waals surface area contributed by atoms with E-state index < -0.39 is 11.8 Å². The van der Waals surface area contributed by atoms with Crippen molar-refractivity contribution in [3.63, 3.8) is 0 Å². The van der Waals surface area contributed by atoms with Crippen LogP contribution in [0.3, 0.4) is 0 Å². The Kier molecular flexibility index (Phi) is 5.14. The summed E-state index contributed by atoms with van der Waals surface area (Å²) in [6.07, 6.45) is 2.68. The van der Waals surface area contributed by atoms with Gasteiger partial charge in [-0.25, -0.2) is 0 Å². The van der Waals surface area contributed by atoms with Gasteiger partial charge in [-0.05, 0) is 42.9 Å². The maximum atomic E-state index is 12.4. The van der Waals surface area contributed by atoms with Gasteiger partial charge in [-0.15, -0.1) is 11.3 Å². The molecule has 1 atom stereocenters. The summed E-state index contributed by atoms with van der Waals surface area (Å²) in [5.74, 6) is 0.338. The zero-order valence-corrected chi connectivity index (χ0v) is 16.7. The van der Waals surface area contributed by atoms with E-state index >= 15 is 0 Å². The van der Waals surface area contributed by atoms with Gasteiger partial charge < -0.3 is 25.8 Å². The van der Waals surface area contributed by atoms with Crippen LogP contribution in [0.4, 0.5) is 10.7 Å². The van der Waals surface area contributed by atoms with E-state index in [1.54, 1.807) is 18.2 Å². The van der Waals surface area contributed by atoms with E-state index in [1.807, 2.05) is 0 Å². The van der Waals surface area contributed by atoms with Crippen LogP contribution in [0.25, 0.3) is 0 Å². The van der Waals surface area contributed by atoms with Gasteiger partial charge in [0.2, 0.25) is 0 Å². The van der Waals surface area contributed by atoms with E-state index in [9.17, 15) is 14.4 Å². The first-order valence-electron chi connectivity index (χ1n) is 9.34. The van der Waals surface area contributed by atoms with Crippen LogP contribution in [-0.2, 0) is 22.4 Å². The molecule has 0 spiro atoms. The lowest BCUT2D eigenvalue weighted by molar-refractivity contribution is -0.119. The molecule has 29 heavy (non-hydrogen) atoms. The zero-order chi connectivity index (χ0) is 20.5. The fraction of sp³-hybridized carbons (Fsp3) is 0.350. The molecule has 1 aromatic heterocycles. The molecule has 1 aromatic carbocycles. The van der Waals surface area contributed by atoms with E-state index in [2.05, 4.69) is 17.6 Å². The number of nitrogens with one attached hydrogen (secondary N) is 2. The summed E-state index contributed by atoms with van der Waals surface area (Å²) >= 11 is 1.41. The molecular weight excluding hydrogens is 394 g/mol. The van der Waals surface area contributed by atoms with E-state index in [1.165, 1.54) is 11.3 Å². The van der Waals surface area contributed by atoms with Crippen LogP contribution in [0, 0.1) is 5.92 Å². The quantitative estimate of drug-likeness (QED) is 0.692. The number of anilines is 2. The summed E-state index contributed by atoms with van der Waals surface area (Å²) in [7, 11) is 0. The van der Waals surface area contributed by atoms with E-state index in [0.717, 1.165) is 29.7 Å². The Morgan fingerprint density at radius 1 is 1.41 bits per heavy atom. The molecule has 9 heteroatoms. The second kappa shape index (κ2) is 7.75. The van der Waals surface area contributed by atoms with Crippen LogP contribution in [0.15, 0.2) is 18.2 Å². The van der Waals surface area contributed by atoms with Crippen molar-refractivity contribution in [1.82, 2.24) is 0 Å². The number of rotatable bonds is 5. The lowest BCUT2D eigenvalue weighted by atomic mass is 9.88. The number of carbonyl (C=O) groups is 3. The summed E-state index contributed by atoms with van der Waals surface area (Å²) in [5.41, 5.74) is 7.44. The molecule has 1 aliphatic carbocycles. The molecule has 2 aliphatic rings. The summed E-state index contributed by atoms with van der Waals surface area (Å²) in [6, 6.07) is 4.92. The van der Waals surface area contributed by atoms with Crippen LogP contribution in [-0.4, -0.2) is 30.9 Å². The molecule has 1 aliphatic heterocycles. The van der Waals surface area contributed by atoms with E-state index in [0.29, 0.717) is 33.7 Å². The van der Waals surface area contributed by atoms with Crippen molar-refractivity contribution in [2.75, 3.05) is 23.8 Å². The minimum Gasteiger partial charge on any atom is -0.484 e. The van der Waals surface area contributed by atoms with Gasteiger partial charge in [0, 0.05) is 10.9 Å². The first kappa shape index (κ1) is 19.3. The van der Waals surface area contributed by atoms with Gasteiger partial charge in [-0.2, -0.15) is 0 Å². The van der Waals surface area contributed by atoms with Gasteiger partial charge >= 0.3 is 0 Å². The lowest BCUT2D eigenvalue weighted by Crippen LogP contribution is -2.25. The number of carbonyl (C=O) groups excluding carboxylic acids is 3. The van der Waals surface area contributed by atoms with Crippen molar-refractivity contribution in [3.8, 4) is 11.5 Å². The number of hydrogen-bond donors (Lipinski definition) is 3. The molecule has 1 unspecified atom stereocenters. The van der Waals surface area contributed by atoms with Crippen molar-refractivity contribution >= 4 is 39.7 Å². The molecule has 2 heterocycles. The maximum absolute atomic E-state index is 12.4. The third-order valence-electron chi connectivity index (χ3n) is 4.96. The Morgan fingerprint density at radius 2 is 2.24 bits per heavy atom. The van der Waals surface area contributed by atoms with Crippen molar-refractivity contribution in [2.24, 2.45) is 11.7 Å². The topological polar surface area (TPSA) is 120 Å². The molecule has 0 saturated carbocycles. The predicted molar refractivity (Wildman–Crippen MR) is 109 cm³/mol. The van der Waals surface area contributed by atoms with Gasteiger partial charge in [-0.3, -0.25) is 14.4 Å². The van der Waals surface area contributed by atoms with Crippen molar-refractivity contribution in [3.05, 3.63) is 34.2 Å². The minimum absolute atomic E-state index is 0.0264. The first-order chi connectivity index (χ1) is 13.9. The molecule has 4 N–H and O–H groups in total. The molecule has 8 nitrogen and oxygen atoms in total. The van der Waals surface area contributed by atoms with Crippen LogP contribution >= 0.6 is 11.3 Å². The highest BCUT2D eigenvalue weighted by atomic mass is 32.1. The fourth-order valence-corrected chi connectivity index (χ4v) is 5.00. The second-order valence-electron chi connectivity index (χ2n) is 7.25. The summed E-state index contributed by atoms with van der Waals surface area (Å²) in [6.45, 7) is 1.90. The third kappa shape index (κ3) is 4.04. The first-order valence-corrected chi connectivity index (χ1v) is 10.2. The molecule has 0 bridgehead atoms. The fourth-order valence-electron chi connectivity index (χ4n) is 3.56. The van der Waals surface area contributed by atoms with Gasteiger partial charge in [0.1, 0.15) is 16.5 Å². The average molecular weight is 415 g/mol. The Labute approximate surface area is 171 Å². The number of hydrogen-bond acceptors (Lipinski definition) is 6. The van der Waals surface area contributed by atoms with Crippen molar-refractivity contribution in [1.29, 1.82) is 0 Å². The SMILES string of the molecule is CC1CCc2c(sc(NC(=O)COc3ccc4c(c3)NC(=O)CO4)c2C(N)=O)C1. The number of primary amides is 1. The van der Waals surface area contributed by atoms with Crippen molar-refractivity contribution in [2.45, 2.75) is 26.2 Å². The highest BCUT2D eigenvalue weighted by Crippen LogP contribution is 2.39. The molecular formula is C20H21N3O5S. The van der Waals surface area contributed by atoms with Crippen LogP contribution in [0.5, 0.6) is 11.5 Å². The molecule has 0 radical (unpaired) electrons. The highest BCUT2D eigenvalue weighted by Gasteiger charge is 2.27. The molecule has 3 amide bonds. The standard InChI is InChI=1S/C20H21N3O5S/c1-10-2-4-12-15(6-10)29-20(18(12)19(21)26)23-17(25)8-27-11-3-5-14-13(7-11)22-16(24)9-28-14/h3,5,7,10H,2,4,6,8-9H2,1H3,(H2,21,26)(H,22,24)(H,23,25). The second-order valence-corrected chi connectivity index (χ2v) is 8.36. The smallest absolute Gasteiger partial charge is 0.262 e. The maximum Gasteiger partial charge on any atom is 0.262 e. The molecule has 0 saturated heterocycles. The predicted octanol–water partition coefficient (Wildman–Crippen LogP) is 2.32. The monoisotopic (exact) mass is 415 g/mol. The highest BCUT2D eigenvalue weighted by molar-refractivity contribution is 7.17. The number of amides is 3. The van der Waals surface area contributed by atoms with Crippen molar-refractivity contribution < 1.29 is 23.9 Å². The third-order valence-corrected chi connectivity index (χ3v) is 6.13. The molecule has 0 fully saturated rings. The minimum atomic E-state index is -0.529. The van der Waals surface area contributed by atoms with Gasteiger partial charge in [-0.1, -0.05) is 6.92 Å². The summed E-state index contributed by atoms with van der Waals surface area (Å²) < 4.78 is 10.8. The summed E-state index contributed by atoms with van der Waals surface area (Å²) in [5, 5.41) is 5.93. The van der Waals surface area contributed by atoms with Crippen LogP contribution in [0.2, 0.25) is 0 Å². The Balaban J connectivity index is 1.43. The molecule has 4 rings (SSSR count). The number of thiophene rings is 1. The lowest BCUT2D eigenvalue weighted by Gasteiger charge is -2.18. The normalized spacial score (nSPS) is 17.4. The van der Waals surface area contributed by atoms with Crippen LogP contribution < -0.4 is 25.8 Å². The Hall–Kier alpha value is -3.07.